The number of hydrogen-bond donors (Lipinski definition) is 2. The lowest BCUT2D eigenvalue weighted by Crippen LogP contribution is -2.47. The van der Waals surface area contributed by atoms with E-state index in [1.54, 1.807) is 30.7 Å². The van der Waals surface area contributed by atoms with Gasteiger partial charge in [-0.2, -0.15) is 5.10 Å². The highest BCUT2D eigenvalue weighted by atomic mass is 32.2. The van der Waals surface area contributed by atoms with Crippen molar-refractivity contribution in [2.24, 2.45) is 10.2 Å². The maximum absolute atomic E-state index is 11.3. The number of nitrogens with one attached hydrogen (secondary N) is 1. The molecule has 31 heavy (non-hydrogen) atoms. The molecule has 0 amide bonds. The summed E-state index contributed by atoms with van der Waals surface area (Å²) in [6.45, 7) is 3.56. The molecule has 2 heterocycles. The molecule has 1 aliphatic rings. The zero-order valence-corrected chi connectivity index (χ0v) is 17.6. The van der Waals surface area contributed by atoms with Gasteiger partial charge in [0.25, 0.3) is 0 Å². The average Bonchev–Trinajstić information content (AvgIpc) is 2.80. The van der Waals surface area contributed by atoms with E-state index < -0.39 is 10.0 Å². The zero-order valence-electron chi connectivity index (χ0n) is 16.8. The Labute approximate surface area is 181 Å². The van der Waals surface area contributed by atoms with Gasteiger partial charge in [-0.1, -0.05) is 12.1 Å². The molecule has 1 fully saturated rings. The summed E-state index contributed by atoms with van der Waals surface area (Å²) in [7, 11) is -3.69. The predicted molar refractivity (Wildman–Crippen MR) is 122 cm³/mol. The maximum atomic E-state index is 11.3. The molecule has 0 spiro atoms. The van der Waals surface area contributed by atoms with Crippen LogP contribution in [0.5, 0.6) is 0 Å². The van der Waals surface area contributed by atoms with Gasteiger partial charge in [0.05, 0.1) is 16.8 Å². The van der Waals surface area contributed by atoms with Crippen LogP contribution in [-0.4, -0.2) is 50.8 Å². The molecule has 1 saturated heterocycles. The molecule has 0 saturated carbocycles. The number of aromatic nitrogens is 2. The van der Waals surface area contributed by atoms with Gasteiger partial charge in [-0.15, -0.1) is 0 Å². The number of piperazine rings is 1. The standard InChI is InChI=1S/C21H23N7O2S/c22-31(29,30)20-8-4-18(5-9-20)26-25-16-17-2-6-19(7-3-17)27-12-14-28(15-13-27)21-23-10-1-11-24-21/h1-11,16,26H,12-15H2,(H2,22,29,30)/b25-16+. The molecule has 160 valence electrons. The lowest BCUT2D eigenvalue weighted by Gasteiger charge is -2.36. The molecule has 1 aromatic heterocycles. The van der Waals surface area contributed by atoms with Crippen molar-refractivity contribution in [3.63, 3.8) is 0 Å². The van der Waals surface area contributed by atoms with Crippen LogP contribution >= 0.6 is 0 Å². The third-order valence-corrected chi connectivity index (χ3v) is 5.89. The SMILES string of the molecule is NS(=O)(=O)c1ccc(N/N=C/c2ccc(N3CCN(c4ncccn4)CC3)cc2)cc1. The Kier molecular flexibility index (Phi) is 6.10. The van der Waals surface area contributed by atoms with Crippen molar-refractivity contribution in [1.82, 2.24) is 9.97 Å². The van der Waals surface area contributed by atoms with Crippen molar-refractivity contribution in [2.45, 2.75) is 4.90 Å². The first-order chi connectivity index (χ1) is 15.0. The Morgan fingerprint density at radius 1 is 0.903 bits per heavy atom. The lowest BCUT2D eigenvalue weighted by atomic mass is 10.2. The topological polar surface area (TPSA) is 117 Å². The first-order valence-corrected chi connectivity index (χ1v) is 11.3. The van der Waals surface area contributed by atoms with E-state index in [-0.39, 0.29) is 4.90 Å². The van der Waals surface area contributed by atoms with Gasteiger partial charge in [-0.25, -0.2) is 23.5 Å². The fourth-order valence-corrected chi connectivity index (χ4v) is 3.81. The second-order valence-corrected chi connectivity index (χ2v) is 8.62. The molecule has 0 atom stereocenters. The van der Waals surface area contributed by atoms with Crippen molar-refractivity contribution in [2.75, 3.05) is 41.4 Å². The van der Waals surface area contributed by atoms with Crippen LogP contribution in [0.1, 0.15) is 5.56 Å². The molecule has 1 aliphatic heterocycles. The van der Waals surface area contributed by atoms with Crippen LogP contribution in [0.4, 0.5) is 17.3 Å². The smallest absolute Gasteiger partial charge is 0.238 e. The fraction of sp³-hybridized carbons (Fsp3) is 0.190. The van der Waals surface area contributed by atoms with Crippen LogP contribution < -0.4 is 20.4 Å². The molecule has 0 aliphatic carbocycles. The van der Waals surface area contributed by atoms with Gasteiger partial charge < -0.3 is 9.80 Å². The van der Waals surface area contributed by atoms with Gasteiger partial charge >= 0.3 is 0 Å². The number of benzene rings is 2. The Morgan fingerprint density at radius 2 is 1.52 bits per heavy atom. The van der Waals surface area contributed by atoms with Gasteiger partial charge in [-0.3, -0.25) is 5.43 Å². The highest BCUT2D eigenvalue weighted by Crippen LogP contribution is 2.19. The Balaban J connectivity index is 1.30. The monoisotopic (exact) mass is 437 g/mol. The summed E-state index contributed by atoms with van der Waals surface area (Å²) in [4.78, 5) is 13.2. The van der Waals surface area contributed by atoms with E-state index in [0.29, 0.717) is 5.69 Å². The van der Waals surface area contributed by atoms with Crippen molar-refractivity contribution >= 4 is 33.6 Å². The predicted octanol–water partition coefficient (Wildman–Crippen LogP) is 1.90. The van der Waals surface area contributed by atoms with Crippen LogP contribution in [0.2, 0.25) is 0 Å². The number of anilines is 3. The van der Waals surface area contributed by atoms with E-state index in [1.165, 1.54) is 12.1 Å². The molecule has 3 aromatic rings. The third kappa shape index (κ3) is 5.36. The molecular weight excluding hydrogens is 414 g/mol. The van der Waals surface area contributed by atoms with Crippen molar-refractivity contribution in [3.05, 3.63) is 72.6 Å². The first-order valence-electron chi connectivity index (χ1n) is 9.78. The van der Waals surface area contributed by atoms with Gasteiger partial charge in [0.2, 0.25) is 16.0 Å². The number of rotatable bonds is 6. The Bertz CT molecular complexity index is 1130. The molecule has 0 unspecified atom stereocenters. The van der Waals surface area contributed by atoms with E-state index in [9.17, 15) is 8.42 Å². The lowest BCUT2D eigenvalue weighted by molar-refractivity contribution is 0.598. The highest BCUT2D eigenvalue weighted by molar-refractivity contribution is 7.89. The summed E-state index contributed by atoms with van der Waals surface area (Å²) in [5.74, 6) is 0.778. The number of nitrogens with two attached hydrogens (primary N) is 1. The summed E-state index contributed by atoms with van der Waals surface area (Å²) in [5, 5.41) is 9.29. The number of sulfonamides is 1. The van der Waals surface area contributed by atoms with Crippen molar-refractivity contribution in [1.29, 1.82) is 0 Å². The number of primary sulfonamides is 1. The number of hydrogen-bond acceptors (Lipinski definition) is 8. The first kappa shape index (κ1) is 20.8. The van der Waals surface area contributed by atoms with E-state index >= 15 is 0 Å². The molecule has 3 N–H and O–H groups in total. The molecule has 4 rings (SSSR count). The van der Waals surface area contributed by atoms with Gasteiger partial charge in [-0.05, 0) is 48.0 Å². The number of nitrogens with zero attached hydrogens (tertiary/aromatic N) is 5. The third-order valence-electron chi connectivity index (χ3n) is 4.96. The summed E-state index contributed by atoms with van der Waals surface area (Å²) in [5.41, 5.74) is 5.66. The number of hydrazone groups is 1. The minimum Gasteiger partial charge on any atom is -0.368 e. The van der Waals surface area contributed by atoms with E-state index in [2.05, 4.69) is 42.4 Å². The molecule has 10 heteroatoms. The van der Waals surface area contributed by atoms with Crippen LogP contribution in [0.15, 0.2) is 77.0 Å². The summed E-state index contributed by atoms with van der Waals surface area (Å²) >= 11 is 0. The average molecular weight is 438 g/mol. The summed E-state index contributed by atoms with van der Waals surface area (Å²) in [6.07, 6.45) is 5.25. The van der Waals surface area contributed by atoms with Crippen LogP contribution in [0, 0.1) is 0 Å². The van der Waals surface area contributed by atoms with Gasteiger partial charge in [0.1, 0.15) is 0 Å². The zero-order chi connectivity index (χ0) is 21.7. The summed E-state index contributed by atoms with van der Waals surface area (Å²) < 4.78 is 22.6. The van der Waals surface area contributed by atoms with Crippen molar-refractivity contribution < 1.29 is 8.42 Å². The van der Waals surface area contributed by atoms with E-state index in [4.69, 9.17) is 5.14 Å². The molecule has 2 aromatic carbocycles. The van der Waals surface area contributed by atoms with Crippen LogP contribution in [0.25, 0.3) is 0 Å². The van der Waals surface area contributed by atoms with Crippen molar-refractivity contribution in [3.8, 4) is 0 Å². The van der Waals surface area contributed by atoms with Crippen LogP contribution in [0.3, 0.4) is 0 Å². The second-order valence-electron chi connectivity index (χ2n) is 7.05. The minimum absolute atomic E-state index is 0.0646. The van der Waals surface area contributed by atoms with Crippen LogP contribution in [-0.2, 0) is 10.0 Å². The quantitative estimate of drug-likeness (QED) is 0.447. The fourth-order valence-electron chi connectivity index (χ4n) is 3.29. The normalized spacial score (nSPS) is 14.7. The van der Waals surface area contributed by atoms with E-state index in [1.807, 2.05) is 18.2 Å². The highest BCUT2D eigenvalue weighted by Gasteiger charge is 2.18. The Hall–Kier alpha value is -3.50. The largest absolute Gasteiger partial charge is 0.368 e. The molecule has 0 radical (unpaired) electrons. The molecule has 0 bridgehead atoms. The minimum atomic E-state index is -3.69. The maximum Gasteiger partial charge on any atom is 0.238 e. The molecular formula is C21H23N7O2S. The summed E-state index contributed by atoms with van der Waals surface area (Å²) in [6, 6.07) is 16.1. The van der Waals surface area contributed by atoms with E-state index in [0.717, 1.165) is 43.4 Å². The Morgan fingerprint density at radius 3 is 2.13 bits per heavy atom. The second kappa shape index (κ2) is 9.11. The van der Waals surface area contributed by atoms with Gasteiger partial charge in [0, 0.05) is 44.3 Å². The molecule has 9 nitrogen and oxygen atoms in total. The van der Waals surface area contributed by atoms with Gasteiger partial charge in [0.15, 0.2) is 0 Å².